The highest BCUT2D eigenvalue weighted by molar-refractivity contribution is 5.86. The van der Waals surface area contributed by atoms with Gasteiger partial charge in [-0.2, -0.15) is 0 Å². The summed E-state index contributed by atoms with van der Waals surface area (Å²) in [5.74, 6) is -0.549. The average molecular weight is 250 g/mol. The van der Waals surface area contributed by atoms with Crippen LogP contribution in [0, 0.1) is 17.3 Å². The number of carbonyl (C=O) groups is 1. The molecule has 3 nitrogen and oxygen atoms in total. The number of fused-ring (bicyclic) bond motifs is 1. The van der Waals surface area contributed by atoms with Crippen LogP contribution in [0.4, 0.5) is 0 Å². The first-order chi connectivity index (χ1) is 8.36. The molecule has 2 aliphatic carbocycles. The van der Waals surface area contributed by atoms with Gasteiger partial charge in [0.25, 0.3) is 0 Å². The summed E-state index contributed by atoms with van der Waals surface area (Å²) in [6.07, 6.45) is 5.03. The van der Waals surface area contributed by atoms with Crippen molar-refractivity contribution >= 4 is 5.97 Å². The van der Waals surface area contributed by atoms with Crippen LogP contribution in [0.5, 0.6) is 0 Å². The van der Waals surface area contributed by atoms with Gasteiger partial charge in [0, 0.05) is 11.0 Å². The van der Waals surface area contributed by atoms with Gasteiger partial charge in [0.05, 0.1) is 6.10 Å². The molecule has 1 fully saturated rings. The fourth-order valence-corrected chi connectivity index (χ4v) is 3.64. The molecule has 0 aromatic heterocycles. The van der Waals surface area contributed by atoms with Gasteiger partial charge in [0.2, 0.25) is 0 Å². The number of carboxylic acid groups (broad SMARTS) is 1. The Labute approximate surface area is 108 Å². The van der Waals surface area contributed by atoms with Crippen molar-refractivity contribution in [2.45, 2.75) is 45.6 Å². The lowest BCUT2D eigenvalue weighted by Crippen LogP contribution is -2.46. The Morgan fingerprint density at radius 3 is 2.83 bits per heavy atom. The van der Waals surface area contributed by atoms with Gasteiger partial charge in [0.1, 0.15) is 0 Å². The highest BCUT2D eigenvalue weighted by atomic mass is 16.4. The second kappa shape index (κ2) is 4.54. The average Bonchev–Trinajstić information content (AvgIpc) is 2.33. The van der Waals surface area contributed by atoms with E-state index in [4.69, 9.17) is 5.11 Å². The quantitative estimate of drug-likeness (QED) is 0.585. The lowest BCUT2D eigenvalue weighted by molar-refractivity contribution is -0.133. The highest BCUT2D eigenvalue weighted by Crippen LogP contribution is 2.53. The van der Waals surface area contributed by atoms with Crippen LogP contribution in [0.1, 0.15) is 39.5 Å². The number of allylic oxidation sites excluding steroid dienone is 1. The van der Waals surface area contributed by atoms with Crippen molar-refractivity contribution in [3.05, 3.63) is 23.8 Å². The topological polar surface area (TPSA) is 57.5 Å². The third-order valence-electron chi connectivity index (χ3n) is 5.09. The third-order valence-corrected chi connectivity index (χ3v) is 5.09. The molecule has 18 heavy (non-hydrogen) atoms. The molecule has 2 rings (SSSR count). The number of hydrogen-bond donors (Lipinski definition) is 2. The summed E-state index contributed by atoms with van der Waals surface area (Å²) in [6.45, 7) is 7.94. The minimum absolute atomic E-state index is 0.0502. The van der Waals surface area contributed by atoms with Gasteiger partial charge in [0.15, 0.2) is 0 Å². The monoisotopic (exact) mass is 250 g/mol. The first kappa shape index (κ1) is 13.3. The minimum atomic E-state index is -0.887. The number of aliphatic hydroxyl groups is 1. The molecule has 0 saturated heterocycles. The normalized spacial score (nSPS) is 39.7. The highest BCUT2D eigenvalue weighted by Gasteiger charge is 2.47. The second-order valence-electron chi connectivity index (χ2n) is 6.06. The van der Waals surface area contributed by atoms with Crippen LogP contribution >= 0.6 is 0 Å². The van der Waals surface area contributed by atoms with Crippen LogP contribution in [0.15, 0.2) is 23.8 Å². The molecule has 0 radical (unpaired) electrons. The van der Waals surface area contributed by atoms with Gasteiger partial charge in [-0.05, 0) is 44.4 Å². The Morgan fingerprint density at radius 1 is 1.56 bits per heavy atom. The summed E-state index contributed by atoms with van der Waals surface area (Å²) in [4.78, 5) is 11.0. The van der Waals surface area contributed by atoms with Gasteiger partial charge in [-0.25, -0.2) is 4.79 Å². The molecule has 0 aromatic carbocycles. The fourth-order valence-electron chi connectivity index (χ4n) is 3.64. The molecule has 2 N–H and O–H groups in total. The van der Waals surface area contributed by atoms with Gasteiger partial charge >= 0.3 is 5.97 Å². The summed E-state index contributed by atoms with van der Waals surface area (Å²) in [6, 6.07) is 0. The number of carboxylic acids is 1. The van der Waals surface area contributed by atoms with E-state index in [2.05, 4.69) is 26.5 Å². The summed E-state index contributed by atoms with van der Waals surface area (Å²) in [5, 5.41) is 19.3. The molecule has 4 atom stereocenters. The predicted molar refractivity (Wildman–Crippen MR) is 70.1 cm³/mol. The van der Waals surface area contributed by atoms with Crippen molar-refractivity contribution in [3.8, 4) is 0 Å². The lowest BCUT2D eigenvalue weighted by Gasteiger charge is -2.50. The van der Waals surface area contributed by atoms with Crippen LogP contribution in [-0.2, 0) is 4.79 Å². The first-order valence-electron chi connectivity index (χ1n) is 6.63. The van der Waals surface area contributed by atoms with E-state index >= 15 is 0 Å². The summed E-state index contributed by atoms with van der Waals surface area (Å²) in [5.41, 5.74) is 1.53. The zero-order chi connectivity index (χ0) is 13.5. The van der Waals surface area contributed by atoms with E-state index in [-0.39, 0.29) is 23.4 Å². The summed E-state index contributed by atoms with van der Waals surface area (Å²) in [7, 11) is 0. The van der Waals surface area contributed by atoms with Crippen LogP contribution < -0.4 is 0 Å². The van der Waals surface area contributed by atoms with Crippen molar-refractivity contribution in [3.63, 3.8) is 0 Å². The van der Waals surface area contributed by atoms with E-state index in [9.17, 15) is 9.90 Å². The SMILES string of the molecule is C=C(C(=O)O)[C@@H]1CC[C@]2(C)C(C1)C(C)=CC[C@H]2O. The Kier molecular flexibility index (Phi) is 3.37. The van der Waals surface area contributed by atoms with Crippen LogP contribution in [-0.4, -0.2) is 22.3 Å². The third kappa shape index (κ3) is 2.01. The standard InChI is InChI=1S/C15H22O3/c1-9-4-5-13(16)15(3)7-6-11(8-12(9)15)10(2)14(17)18/h4,11-13,16H,2,5-8H2,1,3H3,(H,17,18)/t11-,12?,13-,15-/m1/s1. The molecule has 1 saturated carbocycles. The molecule has 100 valence electrons. The second-order valence-corrected chi connectivity index (χ2v) is 6.06. The Hall–Kier alpha value is -1.09. The van der Waals surface area contributed by atoms with Gasteiger partial charge in [-0.3, -0.25) is 0 Å². The Bertz CT molecular complexity index is 410. The van der Waals surface area contributed by atoms with Gasteiger partial charge < -0.3 is 10.2 Å². The van der Waals surface area contributed by atoms with Gasteiger partial charge in [-0.15, -0.1) is 0 Å². The van der Waals surface area contributed by atoms with Crippen molar-refractivity contribution in [2.24, 2.45) is 17.3 Å². The van der Waals surface area contributed by atoms with E-state index in [1.807, 2.05) is 0 Å². The van der Waals surface area contributed by atoms with Crippen LogP contribution in [0.3, 0.4) is 0 Å². The van der Waals surface area contributed by atoms with Crippen molar-refractivity contribution in [1.82, 2.24) is 0 Å². The summed E-state index contributed by atoms with van der Waals surface area (Å²) >= 11 is 0. The molecule has 0 aromatic rings. The number of aliphatic carboxylic acids is 1. The van der Waals surface area contributed by atoms with Crippen molar-refractivity contribution < 1.29 is 15.0 Å². The zero-order valence-corrected chi connectivity index (χ0v) is 11.1. The molecular formula is C15H22O3. The van der Waals surface area contributed by atoms with E-state index in [1.165, 1.54) is 5.57 Å². The Morgan fingerprint density at radius 2 is 2.22 bits per heavy atom. The van der Waals surface area contributed by atoms with Crippen LogP contribution in [0.2, 0.25) is 0 Å². The largest absolute Gasteiger partial charge is 0.478 e. The van der Waals surface area contributed by atoms with Gasteiger partial charge in [-0.1, -0.05) is 25.2 Å². The van der Waals surface area contributed by atoms with E-state index in [0.29, 0.717) is 5.57 Å². The van der Waals surface area contributed by atoms with E-state index in [1.54, 1.807) is 0 Å². The number of aliphatic hydroxyl groups excluding tert-OH is 1. The number of rotatable bonds is 2. The predicted octanol–water partition coefficient (Wildman–Crippen LogP) is 2.76. The Balaban J connectivity index is 2.22. The van der Waals surface area contributed by atoms with E-state index in [0.717, 1.165) is 25.7 Å². The maximum atomic E-state index is 11.0. The van der Waals surface area contributed by atoms with Crippen molar-refractivity contribution in [1.29, 1.82) is 0 Å². The molecule has 0 heterocycles. The maximum absolute atomic E-state index is 11.0. The zero-order valence-electron chi connectivity index (χ0n) is 11.1. The maximum Gasteiger partial charge on any atom is 0.331 e. The summed E-state index contributed by atoms with van der Waals surface area (Å²) < 4.78 is 0. The molecule has 2 aliphatic rings. The molecule has 1 unspecified atom stereocenters. The first-order valence-corrected chi connectivity index (χ1v) is 6.63. The minimum Gasteiger partial charge on any atom is -0.478 e. The van der Waals surface area contributed by atoms with Crippen molar-refractivity contribution in [2.75, 3.05) is 0 Å². The lowest BCUT2D eigenvalue weighted by atomic mass is 9.56. The molecule has 3 heteroatoms. The molecular weight excluding hydrogens is 228 g/mol. The van der Waals surface area contributed by atoms with E-state index < -0.39 is 5.97 Å². The fraction of sp³-hybridized carbons (Fsp3) is 0.667. The van der Waals surface area contributed by atoms with Crippen LogP contribution in [0.25, 0.3) is 0 Å². The molecule has 0 amide bonds. The molecule has 0 spiro atoms. The molecule has 0 aliphatic heterocycles. The molecule has 0 bridgehead atoms. The number of hydrogen-bond acceptors (Lipinski definition) is 2. The smallest absolute Gasteiger partial charge is 0.331 e.